The molecule has 0 saturated heterocycles. The van der Waals surface area contributed by atoms with E-state index in [4.69, 9.17) is 23.7 Å². The van der Waals surface area contributed by atoms with Gasteiger partial charge in [-0.05, 0) is 13.3 Å². The second kappa shape index (κ2) is 15.3. The van der Waals surface area contributed by atoms with E-state index in [-0.39, 0.29) is 5.57 Å². The van der Waals surface area contributed by atoms with Crippen molar-refractivity contribution < 1.29 is 62.7 Å². The Labute approximate surface area is 282 Å². The molecule has 10 atom stereocenters. The molecule has 13 nitrogen and oxygen atoms in total. The Morgan fingerprint density at radius 3 is 1.94 bits per heavy atom. The average Bonchev–Trinajstić information content (AvgIpc) is 3.17. The first-order valence-electron chi connectivity index (χ1n) is 16.2. The zero-order chi connectivity index (χ0) is 37.1. The number of esters is 5. The zero-order valence-electron chi connectivity index (χ0n) is 29.9. The maximum absolute atomic E-state index is 14.3. The van der Waals surface area contributed by atoms with Crippen LogP contribution < -0.4 is 0 Å². The monoisotopic (exact) mass is 680 g/mol. The van der Waals surface area contributed by atoms with Gasteiger partial charge in [-0.25, -0.2) is 0 Å². The van der Waals surface area contributed by atoms with Crippen molar-refractivity contribution in [3.63, 3.8) is 0 Å². The van der Waals surface area contributed by atoms with Crippen molar-refractivity contribution >= 4 is 35.6 Å². The summed E-state index contributed by atoms with van der Waals surface area (Å²) < 4.78 is 28.8. The highest BCUT2D eigenvalue weighted by atomic mass is 16.6. The van der Waals surface area contributed by atoms with Crippen molar-refractivity contribution in [3.8, 4) is 0 Å². The number of aliphatic hydroxyl groups is 2. The molecule has 1 fully saturated rings. The average molecular weight is 681 g/mol. The Hall–Kier alpha value is -3.58. The molecule has 2 aliphatic rings. The van der Waals surface area contributed by atoms with Crippen molar-refractivity contribution in [1.82, 2.24) is 0 Å². The van der Waals surface area contributed by atoms with Gasteiger partial charge in [0, 0.05) is 44.1 Å². The van der Waals surface area contributed by atoms with Gasteiger partial charge in [0.2, 0.25) is 0 Å². The lowest BCUT2D eigenvalue weighted by Crippen LogP contribution is -2.58. The molecule has 0 aromatic rings. The minimum absolute atomic E-state index is 0.298. The molecular weight excluding hydrogens is 628 g/mol. The van der Waals surface area contributed by atoms with E-state index in [1.807, 2.05) is 0 Å². The number of carbonyl (C=O) groups excluding carboxylic acids is 6. The molecule has 0 aromatic carbocycles. The van der Waals surface area contributed by atoms with E-state index in [0.717, 1.165) is 20.8 Å². The van der Waals surface area contributed by atoms with Crippen LogP contribution in [0, 0.1) is 29.1 Å². The Bertz CT molecular complexity index is 1320. The molecule has 1 unspecified atom stereocenters. The standard InChI is InChI=1S/C35H52O13/c1-13-18(4)32(42)47-25-20(6)26(44-21(7)36)27(45-22(8)37)30(46-23(9)38)33(10,11)15-14-19(5)28(39)35(43)16-34(12,29(40)24(25)35)48-31(41)17(2)3/h14-15,17-19,24-27,29-30,40,43H,6,13,16H2,1-5,7-12H3/b15-14+/t18?,19-,24-,25-,26-,27+,29+,30+,34+,35+/m0/s1. The number of ether oxygens (including phenoxy) is 5. The summed E-state index contributed by atoms with van der Waals surface area (Å²) in [4.78, 5) is 78.3. The molecule has 13 heteroatoms. The summed E-state index contributed by atoms with van der Waals surface area (Å²) in [7, 11) is 0. The molecule has 270 valence electrons. The summed E-state index contributed by atoms with van der Waals surface area (Å²) in [5.41, 5.74) is -5.89. The SMILES string of the molecule is C=C1[C@H](OC(C)=O)[C@@H](OC(C)=O)[C@@H](OC(C)=O)C(C)(C)/C=C/[C@H](C)C(=O)[C@@]2(O)C[C@@](C)(OC(=O)C(C)C)[C@H](O)[C@@H]2[C@H]1OC(=O)C(C)CC. The summed E-state index contributed by atoms with van der Waals surface area (Å²) in [5.74, 6) is -8.98. The summed E-state index contributed by atoms with van der Waals surface area (Å²) in [6, 6.07) is 0. The predicted molar refractivity (Wildman–Crippen MR) is 171 cm³/mol. The lowest BCUT2D eigenvalue weighted by Gasteiger charge is -2.43. The van der Waals surface area contributed by atoms with Crippen LogP contribution >= 0.6 is 0 Å². The van der Waals surface area contributed by atoms with E-state index in [0.29, 0.717) is 6.42 Å². The van der Waals surface area contributed by atoms with Crippen molar-refractivity contribution in [1.29, 1.82) is 0 Å². The number of carbonyl (C=O) groups is 6. The van der Waals surface area contributed by atoms with Gasteiger partial charge in [-0.1, -0.05) is 67.2 Å². The van der Waals surface area contributed by atoms with Crippen LogP contribution in [0.5, 0.6) is 0 Å². The van der Waals surface area contributed by atoms with Gasteiger partial charge in [-0.3, -0.25) is 28.8 Å². The summed E-state index contributed by atoms with van der Waals surface area (Å²) >= 11 is 0. The number of Topliss-reactive ketones (excluding diaryl/α,β-unsaturated/α-hetero) is 1. The quantitative estimate of drug-likeness (QED) is 0.216. The first-order valence-corrected chi connectivity index (χ1v) is 16.2. The largest absolute Gasteiger partial charge is 0.458 e. The minimum Gasteiger partial charge on any atom is -0.458 e. The van der Waals surface area contributed by atoms with E-state index in [2.05, 4.69) is 6.58 Å². The Kier molecular flexibility index (Phi) is 13.0. The third-order valence-electron chi connectivity index (χ3n) is 9.13. The normalized spacial score (nSPS) is 34.8. The van der Waals surface area contributed by atoms with Gasteiger partial charge < -0.3 is 33.9 Å². The van der Waals surface area contributed by atoms with Crippen LogP contribution in [0.1, 0.15) is 89.0 Å². The second-order valence-corrected chi connectivity index (χ2v) is 14.2. The molecule has 0 aliphatic heterocycles. The summed E-state index contributed by atoms with van der Waals surface area (Å²) in [6.45, 7) is 19.9. The molecule has 2 rings (SSSR count). The van der Waals surface area contributed by atoms with Gasteiger partial charge in [0.1, 0.15) is 23.4 Å². The fraction of sp³-hybridized carbons (Fsp3) is 0.714. The molecule has 2 N–H and O–H groups in total. The predicted octanol–water partition coefficient (Wildman–Crippen LogP) is 3.17. The highest BCUT2D eigenvalue weighted by Crippen LogP contribution is 2.51. The van der Waals surface area contributed by atoms with Gasteiger partial charge in [0.05, 0.1) is 17.8 Å². The fourth-order valence-corrected chi connectivity index (χ4v) is 6.26. The van der Waals surface area contributed by atoms with E-state index in [1.165, 1.54) is 26.0 Å². The van der Waals surface area contributed by atoms with Crippen molar-refractivity contribution in [3.05, 3.63) is 24.3 Å². The molecule has 0 amide bonds. The highest BCUT2D eigenvalue weighted by molar-refractivity contribution is 5.92. The second-order valence-electron chi connectivity index (χ2n) is 14.2. The Morgan fingerprint density at radius 1 is 0.917 bits per heavy atom. The lowest BCUT2D eigenvalue weighted by atomic mass is 9.72. The minimum atomic E-state index is -2.51. The number of hydrogen-bond acceptors (Lipinski definition) is 13. The molecule has 0 bridgehead atoms. The number of ketones is 1. The van der Waals surface area contributed by atoms with Crippen molar-refractivity contribution in [2.45, 2.75) is 131 Å². The fourth-order valence-electron chi connectivity index (χ4n) is 6.26. The number of hydrogen-bond donors (Lipinski definition) is 2. The maximum Gasteiger partial charge on any atom is 0.309 e. The smallest absolute Gasteiger partial charge is 0.309 e. The molecule has 0 heterocycles. The van der Waals surface area contributed by atoms with Crippen LogP contribution in [0.15, 0.2) is 24.3 Å². The number of fused-ring (bicyclic) bond motifs is 1. The van der Waals surface area contributed by atoms with Gasteiger partial charge in [-0.15, -0.1) is 0 Å². The first kappa shape index (κ1) is 40.6. The van der Waals surface area contributed by atoms with E-state index in [1.54, 1.807) is 41.5 Å². The number of rotatable bonds is 8. The van der Waals surface area contributed by atoms with Gasteiger partial charge in [0.25, 0.3) is 0 Å². The number of allylic oxidation sites excluding steroid dienone is 1. The maximum atomic E-state index is 14.3. The molecule has 2 aliphatic carbocycles. The number of aliphatic hydroxyl groups excluding tert-OH is 1. The Balaban J connectivity index is 3.09. The van der Waals surface area contributed by atoms with Crippen LogP contribution in [-0.4, -0.2) is 87.6 Å². The molecule has 0 spiro atoms. The van der Waals surface area contributed by atoms with E-state index < -0.39 is 113 Å². The van der Waals surface area contributed by atoms with Crippen LogP contribution in [0.3, 0.4) is 0 Å². The highest BCUT2D eigenvalue weighted by Gasteiger charge is 2.68. The zero-order valence-corrected chi connectivity index (χ0v) is 29.9. The van der Waals surface area contributed by atoms with Crippen LogP contribution in [-0.2, 0) is 52.5 Å². The molecule has 1 saturated carbocycles. The van der Waals surface area contributed by atoms with Gasteiger partial charge in [0.15, 0.2) is 24.1 Å². The van der Waals surface area contributed by atoms with Crippen LogP contribution in [0.25, 0.3) is 0 Å². The third-order valence-corrected chi connectivity index (χ3v) is 9.13. The van der Waals surface area contributed by atoms with Crippen LogP contribution in [0.2, 0.25) is 0 Å². The first-order chi connectivity index (χ1) is 21.9. The van der Waals surface area contributed by atoms with E-state index in [9.17, 15) is 39.0 Å². The topological polar surface area (TPSA) is 189 Å². The molecule has 0 radical (unpaired) electrons. The molecule has 48 heavy (non-hydrogen) atoms. The van der Waals surface area contributed by atoms with Gasteiger partial charge in [-0.2, -0.15) is 0 Å². The third kappa shape index (κ3) is 8.71. The van der Waals surface area contributed by atoms with Crippen molar-refractivity contribution in [2.75, 3.05) is 0 Å². The van der Waals surface area contributed by atoms with Crippen molar-refractivity contribution in [2.24, 2.45) is 29.1 Å². The van der Waals surface area contributed by atoms with Crippen LogP contribution in [0.4, 0.5) is 0 Å². The molecule has 0 aromatic heterocycles. The van der Waals surface area contributed by atoms with Gasteiger partial charge >= 0.3 is 29.8 Å². The molecular formula is C35H52O13. The lowest BCUT2D eigenvalue weighted by molar-refractivity contribution is -0.192. The summed E-state index contributed by atoms with van der Waals surface area (Å²) in [5, 5.41) is 24.4. The summed E-state index contributed by atoms with van der Waals surface area (Å²) in [6.07, 6.45) is -5.59. The Morgan fingerprint density at radius 2 is 1.46 bits per heavy atom. The van der Waals surface area contributed by atoms with E-state index >= 15 is 0 Å².